The molecular formula is C21H33NO3. The molecule has 140 valence electrons. The van der Waals surface area contributed by atoms with Crippen molar-refractivity contribution >= 4 is 5.91 Å². The van der Waals surface area contributed by atoms with E-state index in [9.17, 15) is 4.79 Å². The Kier molecular flexibility index (Phi) is 7.60. The highest BCUT2D eigenvalue weighted by atomic mass is 16.5. The number of methoxy groups -OCH3 is 1. The zero-order valence-corrected chi connectivity index (χ0v) is 16.1. The molecule has 0 heterocycles. The van der Waals surface area contributed by atoms with Crippen molar-refractivity contribution in [2.24, 2.45) is 23.7 Å². The molecule has 1 fully saturated rings. The van der Waals surface area contributed by atoms with Gasteiger partial charge in [-0.2, -0.15) is 0 Å². The molecule has 1 amide bonds. The van der Waals surface area contributed by atoms with Crippen LogP contribution in [-0.4, -0.2) is 26.2 Å². The van der Waals surface area contributed by atoms with Gasteiger partial charge >= 0.3 is 0 Å². The molecule has 0 saturated heterocycles. The molecule has 4 heteroatoms. The van der Waals surface area contributed by atoms with Crippen molar-refractivity contribution in [2.45, 2.75) is 46.5 Å². The summed E-state index contributed by atoms with van der Waals surface area (Å²) in [6.07, 6.45) is 4.23. The minimum atomic E-state index is 0.166. The summed E-state index contributed by atoms with van der Waals surface area (Å²) in [5.74, 6) is 3.61. The van der Waals surface area contributed by atoms with Crippen molar-refractivity contribution < 1.29 is 14.3 Å². The Bertz CT molecular complexity index is 544. The summed E-state index contributed by atoms with van der Waals surface area (Å²) >= 11 is 0. The topological polar surface area (TPSA) is 47.6 Å². The van der Waals surface area contributed by atoms with Gasteiger partial charge in [0.05, 0.1) is 13.7 Å². The maximum Gasteiger partial charge on any atom is 0.223 e. The number of ether oxygens (including phenoxy) is 2. The lowest BCUT2D eigenvalue weighted by atomic mass is 9.70. The lowest BCUT2D eigenvalue weighted by Gasteiger charge is -2.36. The smallest absolute Gasteiger partial charge is 0.223 e. The second kappa shape index (κ2) is 9.69. The van der Waals surface area contributed by atoms with Crippen molar-refractivity contribution in [1.82, 2.24) is 5.32 Å². The molecule has 0 spiro atoms. The zero-order chi connectivity index (χ0) is 18.2. The van der Waals surface area contributed by atoms with Crippen molar-refractivity contribution in [3.8, 4) is 11.5 Å². The maximum atomic E-state index is 12.6. The fraction of sp³-hybridized carbons (Fsp3) is 0.667. The average molecular weight is 347 g/mol. The molecular weight excluding hydrogens is 314 g/mol. The zero-order valence-electron chi connectivity index (χ0n) is 16.1. The Balaban J connectivity index is 1.74. The lowest BCUT2D eigenvalue weighted by Crippen LogP contribution is -2.40. The number of carbonyl (C=O) groups excluding carboxylic acids is 1. The van der Waals surface area contributed by atoms with Crippen LogP contribution in [0.25, 0.3) is 0 Å². The van der Waals surface area contributed by atoms with Crippen LogP contribution in [0.4, 0.5) is 0 Å². The predicted octanol–water partition coefficient (Wildman–Crippen LogP) is 4.29. The predicted molar refractivity (Wildman–Crippen MR) is 101 cm³/mol. The molecule has 1 N–H and O–H groups in total. The highest BCUT2D eigenvalue weighted by Gasteiger charge is 2.35. The summed E-state index contributed by atoms with van der Waals surface area (Å²) in [5.41, 5.74) is 0. The highest BCUT2D eigenvalue weighted by molar-refractivity contribution is 5.79. The Morgan fingerprint density at radius 1 is 1.24 bits per heavy atom. The summed E-state index contributed by atoms with van der Waals surface area (Å²) < 4.78 is 11.0. The first-order valence-electron chi connectivity index (χ1n) is 9.56. The second-order valence-corrected chi connectivity index (χ2v) is 7.58. The molecule has 0 bridgehead atoms. The average Bonchev–Trinajstić information content (AvgIpc) is 2.61. The van der Waals surface area contributed by atoms with Gasteiger partial charge in [-0.25, -0.2) is 0 Å². The monoisotopic (exact) mass is 347 g/mol. The number of hydrogen-bond donors (Lipinski definition) is 1. The van der Waals surface area contributed by atoms with Gasteiger partial charge in [-0.05, 0) is 49.1 Å². The lowest BCUT2D eigenvalue weighted by molar-refractivity contribution is -0.129. The van der Waals surface area contributed by atoms with E-state index in [1.54, 1.807) is 7.11 Å². The molecule has 1 saturated carbocycles. The molecule has 3 atom stereocenters. The Hall–Kier alpha value is -1.71. The van der Waals surface area contributed by atoms with E-state index in [2.05, 4.69) is 26.1 Å². The first kappa shape index (κ1) is 19.6. The van der Waals surface area contributed by atoms with Gasteiger partial charge in [0.1, 0.15) is 0 Å². The summed E-state index contributed by atoms with van der Waals surface area (Å²) in [4.78, 5) is 12.6. The van der Waals surface area contributed by atoms with Gasteiger partial charge < -0.3 is 14.8 Å². The molecule has 0 aliphatic heterocycles. The van der Waals surface area contributed by atoms with Crippen LogP contribution in [0.1, 0.15) is 46.5 Å². The number of para-hydroxylation sites is 2. The molecule has 0 aromatic heterocycles. The SMILES string of the molecule is COc1ccccc1OCCCNC(=O)[C@@H]1C[C@H](C)CC[C@H]1C(C)C. The third kappa shape index (κ3) is 5.65. The molecule has 1 aromatic carbocycles. The molecule has 1 aromatic rings. The van der Waals surface area contributed by atoms with Crippen LogP contribution in [-0.2, 0) is 4.79 Å². The third-order valence-electron chi connectivity index (χ3n) is 5.31. The molecule has 1 aliphatic carbocycles. The Morgan fingerprint density at radius 2 is 1.96 bits per heavy atom. The minimum Gasteiger partial charge on any atom is -0.493 e. The van der Waals surface area contributed by atoms with E-state index < -0.39 is 0 Å². The number of carbonyl (C=O) groups is 1. The van der Waals surface area contributed by atoms with Crippen LogP contribution in [0.5, 0.6) is 11.5 Å². The second-order valence-electron chi connectivity index (χ2n) is 7.58. The van der Waals surface area contributed by atoms with E-state index in [0.29, 0.717) is 30.9 Å². The molecule has 0 radical (unpaired) electrons. The normalized spacial score (nSPS) is 23.3. The van der Waals surface area contributed by atoms with Crippen LogP contribution in [0.3, 0.4) is 0 Å². The highest BCUT2D eigenvalue weighted by Crippen LogP contribution is 2.38. The molecule has 1 aliphatic rings. The Labute approximate surface area is 152 Å². The fourth-order valence-corrected chi connectivity index (χ4v) is 3.84. The number of rotatable bonds is 8. The number of nitrogens with one attached hydrogen (secondary N) is 1. The van der Waals surface area contributed by atoms with Gasteiger partial charge in [0.25, 0.3) is 0 Å². The third-order valence-corrected chi connectivity index (χ3v) is 5.31. The number of benzene rings is 1. The van der Waals surface area contributed by atoms with Gasteiger partial charge in [0, 0.05) is 12.5 Å². The summed E-state index contributed by atoms with van der Waals surface area (Å²) in [7, 11) is 1.64. The Morgan fingerprint density at radius 3 is 2.64 bits per heavy atom. The van der Waals surface area contributed by atoms with E-state index >= 15 is 0 Å². The number of amides is 1. The van der Waals surface area contributed by atoms with Crippen LogP contribution in [0, 0.1) is 23.7 Å². The van der Waals surface area contributed by atoms with Crippen molar-refractivity contribution in [3.63, 3.8) is 0 Å². The number of hydrogen-bond acceptors (Lipinski definition) is 3. The largest absolute Gasteiger partial charge is 0.493 e. The first-order chi connectivity index (χ1) is 12.0. The quantitative estimate of drug-likeness (QED) is 0.714. The molecule has 0 unspecified atom stereocenters. The van der Waals surface area contributed by atoms with Gasteiger partial charge in [0.15, 0.2) is 11.5 Å². The van der Waals surface area contributed by atoms with E-state index in [0.717, 1.165) is 24.3 Å². The van der Waals surface area contributed by atoms with E-state index in [1.807, 2.05) is 24.3 Å². The van der Waals surface area contributed by atoms with Gasteiger partial charge in [0.2, 0.25) is 5.91 Å². The standard InChI is InChI=1S/C21H33NO3/c1-15(2)17-11-10-16(3)14-18(17)21(23)22-12-7-13-25-20-9-6-5-8-19(20)24-4/h5-6,8-9,15-18H,7,10-14H2,1-4H3,(H,22,23)/t16-,17+,18-/m1/s1. The maximum absolute atomic E-state index is 12.6. The van der Waals surface area contributed by atoms with Crippen LogP contribution in [0.2, 0.25) is 0 Å². The van der Waals surface area contributed by atoms with E-state index in [1.165, 1.54) is 12.8 Å². The fourth-order valence-electron chi connectivity index (χ4n) is 3.84. The van der Waals surface area contributed by atoms with E-state index in [4.69, 9.17) is 9.47 Å². The van der Waals surface area contributed by atoms with Gasteiger partial charge in [-0.3, -0.25) is 4.79 Å². The molecule has 2 rings (SSSR count). The molecule has 25 heavy (non-hydrogen) atoms. The van der Waals surface area contributed by atoms with Crippen LogP contribution in [0.15, 0.2) is 24.3 Å². The van der Waals surface area contributed by atoms with Gasteiger partial charge in [-0.15, -0.1) is 0 Å². The summed E-state index contributed by atoms with van der Waals surface area (Å²) in [5, 5.41) is 3.12. The van der Waals surface area contributed by atoms with Crippen LogP contribution >= 0.6 is 0 Å². The molecule has 4 nitrogen and oxygen atoms in total. The van der Waals surface area contributed by atoms with Crippen molar-refractivity contribution in [3.05, 3.63) is 24.3 Å². The van der Waals surface area contributed by atoms with Crippen LogP contribution < -0.4 is 14.8 Å². The van der Waals surface area contributed by atoms with Crippen molar-refractivity contribution in [2.75, 3.05) is 20.3 Å². The van der Waals surface area contributed by atoms with Gasteiger partial charge in [-0.1, -0.05) is 39.3 Å². The first-order valence-corrected chi connectivity index (χ1v) is 9.56. The minimum absolute atomic E-state index is 0.166. The summed E-state index contributed by atoms with van der Waals surface area (Å²) in [6, 6.07) is 7.62. The van der Waals surface area contributed by atoms with E-state index in [-0.39, 0.29) is 11.8 Å². The van der Waals surface area contributed by atoms with Crippen molar-refractivity contribution in [1.29, 1.82) is 0 Å². The summed E-state index contributed by atoms with van der Waals surface area (Å²) in [6.45, 7) is 7.96.